The Labute approximate surface area is 179 Å². The minimum atomic E-state index is -0.504. The van der Waals surface area contributed by atoms with Gasteiger partial charge in [-0.25, -0.2) is 0 Å². The molecule has 1 aliphatic heterocycles. The van der Waals surface area contributed by atoms with Crippen LogP contribution < -0.4 is 0 Å². The molecule has 1 heterocycles. The second kappa shape index (κ2) is 6.87. The summed E-state index contributed by atoms with van der Waals surface area (Å²) in [6.45, 7) is 3.77. The second-order valence-electron chi connectivity index (χ2n) is 8.74. The van der Waals surface area contributed by atoms with Crippen LogP contribution in [0.25, 0.3) is 0 Å². The molecule has 2 amide bonds. The Kier molecular flexibility index (Phi) is 4.36. The maximum Gasteiger partial charge on any atom is 0.233 e. The summed E-state index contributed by atoms with van der Waals surface area (Å²) < 4.78 is 0. The third kappa shape index (κ3) is 2.70. The molecule has 6 heteroatoms. The molecule has 1 aromatic rings. The second-order valence-corrected chi connectivity index (χ2v) is 8.74. The zero-order chi connectivity index (χ0) is 22.0. The maximum absolute atomic E-state index is 13.2. The van der Waals surface area contributed by atoms with Gasteiger partial charge in [-0.05, 0) is 56.4 Å². The molecule has 1 saturated heterocycles. The quantitative estimate of drug-likeness (QED) is 0.454. The topological polar surface area (TPSA) is 91.8 Å². The molecule has 0 aromatic heterocycles. The van der Waals surface area contributed by atoms with E-state index in [0.29, 0.717) is 36.1 Å². The van der Waals surface area contributed by atoms with Crippen molar-refractivity contribution >= 4 is 23.4 Å². The first-order valence-corrected chi connectivity index (χ1v) is 10.7. The number of phenols is 1. The molecule has 31 heavy (non-hydrogen) atoms. The summed E-state index contributed by atoms with van der Waals surface area (Å²) in [5, 5.41) is 9.75. The van der Waals surface area contributed by atoms with Gasteiger partial charge in [0.15, 0.2) is 11.6 Å². The number of rotatable bonds is 2. The molecule has 0 spiro atoms. The first-order valence-electron chi connectivity index (χ1n) is 10.7. The molecule has 1 fully saturated rings. The minimum Gasteiger partial charge on any atom is -0.508 e. The summed E-state index contributed by atoms with van der Waals surface area (Å²) >= 11 is 0. The highest BCUT2D eigenvalue weighted by atomic mass is 16.3. The van der Waals surface area contributed by atoms with E-state index >= 15 is 0 Å². The van der Waals surface area contributed by atoms with Gasteiger partial charge in [0.25, 0.3) is 0 Å². The van der Waals surface area contributed by atoms with Crippen molar-refractivity contribution in [2.45, 2.75) is 32.6 Å². The van der Waals surface area contributed by atoms with E-state index in [0.717, 1.165) is 11.1 Å². The SMILES string of the molecule is CCN1C(=O)[C@H]2[C@H](CC=C3[C@H](c4ccc(O)cc4)C4=C(C[C@H]32)C(=O)C=C(C)C4=O)C1=O. The van der Waals surface area contributed by atoms with Crippen molar-refractivity contribution in [3.05, 3.63) is 64.3 Å². The lowest BCUT2D eigenvalue weighted by molar-refractivity contribution is -0.139. The van der Waals surface area contributed by atoms with Crippen LogP contribution in [0.3, 0.4) is 0 Å². The molecule has 0 saturated carbocycles. The molecule has 6 nitrogen and oxygen atoms in total. The predicted molar refractivity (Wildman–Crippen MR) is 112 cm³/mol. The molecule has 5 rings (SSSR count). The van der Waals surface area contributed by atoms with E-state index in [-0.39, 0.29) is 35.0 Å². The first kappa shape index (κ1) is 19.7. The molecule has 4 atom stereocenters. The molecule has 158 valence electrons. The molecule has 1 aromatic carbocycles. The van der Waals surface area contributed by atoms with Crippen molar-refractivity contribution in [2.24, 2.45) is 17.8 Å². The molecule has 0 unspecified atom stereocenters. The van der Waals surface area contributed by atoms with E-state index in [1.807, 2.05) is 6.08 Å². The van der Waals surface area contributed by atoms with Crippen molar-refractivity contribution in [1.82, 2.24) is 4.90 Å². The van der Waals surface area contributed by atoms with E-state index < -0.39 is 17.8 Å². The normalized spacial score (nSPS) is 30.1. The highest BCUT2D eigenvalue weighted by molar-refractivity contribution is 6.23. The van der Waals surface area contributed by atoms with E-state index in [1.54, 1.807) is 38.1 Å². The Morgan fingerprint density at radius 3 is 2.42 bits per heavy atom. The number of hydrogen-bond acceptors (Lipinski definition) is 5. The van der Waals surface area contributed by atoms with Crippen LogP contribution in [0.4, 0.5) is 0 Å². The number of likely N-dealkylation sites (tertiary alicyclic amines) is 1. The van der Waals surface area contributed by atoms with Crippen LogP contribution in [-0.2, 0) is 19.2 Å². The number of amides is 2. The van der Waals surface area contributed by atoms with Crippen molar-refractivity contribution in [3.63, 3.8) is 0 Å². The fourth-order valence-electron chi connectivity index (χ4n) is 5.78. The Morgan fingerprint density at radius 1 is 1.03 bits per heavy atom. The highest BCUT2D eigenvalue weighted by Gasteiger charge is 2.55. The average Bonchev–Trinajstić information content (AvgIpc) is 3.01. The van der Waals surface area contributed by atoms with Crippen LogP contribution in [0.1, 0.15) is 38.2 Å². The molecular weight excluding hydrogens is 394 g/mol. The monoisotopic (exact) mass is 417 g/mol. The van der Waals surface area contributed by atoms with Gasteiger partial charge in [-0.15, -0.1) is 0 Å². The standard InChI is InChI=1S/C25H23NO5/c1-3-26-24(30)16-9-8-15-17(21(16)25(26)31)11-18-19(28)10-12(2)23(29)22(18)20(15)13-4-6-14(27)7-5-13/h4-8,10,16-17,20-21,27H,3,9,11H2,1-2H3/t16-,17+,20-,21-/m0/s1. The minimum absolute atomic E-state index is 0.111. The Hall–Kier alpha value is -3.28. The summed E-state index contributed by atoms with van der Waals surface area (Å²) in [6, 6.07) is 6.63. The summed E-state index contributed by atoms with van der Waals surface area (Å²) in [6.07, 6.45) is 4.13. The number of hydrogen-bond donors (Lipinski definition) is 1. The van der Waals surface area contributed by atoms with Crippen LogP contribution >= 0.6 is 0 Å². The van der Waals surface area contributed by atoms with Gasteiger partial charge >= 0.3 is 0 Å². The molecule has 4 aliphatic rings. The van der Waals surface area contributed by atoms with E-state index in [1.165, 1.54) is 11.0 Å². The number of benzene rings is 1. The summed E-state index contributed by atoms with van der Waals surface area (Å²) in [5.74, 6) is -2.23. The van der Waals surface area contributed by atoms with E-state index in [9.17, 15) is 24.3 Å². The maximum atomic E-state index is 13.2. The van der Waals surface area contributed by atoms with Gasteiger partial charge in [0.2, 0.25) is 11.8 Å². The molecular formula is C25H23NO5. The highest BCUT2D eigenvalue weighted by Crippen LogP contribution is 2.55. The Bertz CT molecular complexity index is 1140. The Balaban J connectivity index is 1.69. The van der Waals surface area contributed by atoms with Gasteiger partial charge in [-0.3, -0.25) is 24.1 Å². The summed E-state index contributed by atoms with van der Waals surface area (Å²) in [4.78, 5) is 53.4. The van der Waals surface area contributed by atoms with Crippen LogP contribution in [0.2, 0.25) is 0 Å². The number of allylic oxidation sites excluding steroid dienone is 6. The number of carbonyl (C=O) groups excluding carboxylic acids is 4. The zero-order valence-electron chi connectivity index (χ0n) is 17.4. The van der Waals surface area contributed by atoms with Crippen LogP contribution in [0.15, 0.2) is 58.7 Å². The fraction of sp³-hybridized carbons (Fsp3) is 0.360. The zero-order valence-corrected chi connectivity index (χ0v) is 17.4. The molecule has 0 bridgehead atoms. The molecule has 0 radical (unpaired) electrons. The van der Waals surface area contributed by atoms with Crippen LogP contribution in [0, 0.1) is 17.8 Å². The van der Waals surface area contributed by atoms with Gasteiger partial charge in [0.05, 0.1) is 11.8 Å². The number of fused-ring (bicyclic) bond motifs is 3. The summed E-state index contributed by atoms with van der Waals surface area (Å²) in [5.41, 5.74) is 3.05. The van der Waals surface area contributed by atoms with Gasteiger partial charge in [-0.1, -0.05) is 23.8 Å². The lowest BCUT2D eigenvalue weighted by atomic mass is 9.59. The fourth-order valence-corrected chi connectivity index (χ4v) is 5.78. The van der Waals surface area contributed by atoms with Crippen molar-refractivity contribution in [3.8, 4) is 5.75 Å². The van der Waals surface area contributed by atoms with E-state index in [4.69, 9.17) is 0 Å². The van der Waals surface area contributed by atoms with Gasteiger partial charge in [0.1, 0.15) is 5.75 Å². The molecule has 3 aliphatic carbocycles. The van der Waals surface area contributed by atoms with Gasteiger partial charge in [0, 0.05) is 29.2 Å². The number of carbonyl (C=O) groups is 4. The molecule has 1 N–H and O–H groups in total. The number of Topliss-reactive ketones (excluding diaryl/α,β-unsaturated/α-hetero) is 1. The van der Waals surface area contributed by atoms with Crippen molar-refractivity contribution in [2.75, 3.05) is 6.54 Å². The number of aromatic hydroxyl groups is 1. The lowest BCUT2D eigenvalue weighted by Gasteiger charge is -2.42. The van der Waals surface area contributed by atoms with Crippen molar-refractivity contribution < 1.29 is 24.3 Å². The lowest BCUT2D eigenvalue weighted by Crippen LogP contribution is -2.39. The third-order valence-electron chi connectivity index (χ3n) is 7.20. The number of nitrogens with zero attached hydrogens (tertiary/aromatic N) is 1. The van der Waals surface area contributed by atoms with Gasteiger partial charge < -0.3 is 5.11 Å². The van der Waals surface area contributed by atoms with E-state index in [2.05, 4.69) is 0 Å². The van der Waals surface area contributed by atoms with Crippen molar-refractivity contribution in [1.29, 1.82) is 0 Å². The first-order chi connectivity index (χ1) is 14.8. The predicted octanol–water partition coefficient (Wildman–Crippen LogP) is 2.84. The summed E-state index contributed by atoms with van der Waals surface area (Å²) in [7, 11) is 0. The Morgan fingerprint density at radius 2 is 1.74 bits per heavy atom. The number of imide groups is 1. The van der Waals surface area contributed by atoms with Crippen LogP contribution in [0.5, 0.6) is 5.75 Å². The third-order valence-corrected chi connectivity index (χ3v) is 7.20. The van der Waals surface area contributed by atoms with Gasteiger partial charge in [-0.2, -0.15) is 0 Å². The smallest absolute Gasteiger partial charge is 0.233 e. The largest absolute Gasteiger partial charge is 0.508 e. The average molecular weight is 417 g/mol. The number of phenolic OH excluding ortho intramolecular Hbond substituents is 1. The van der Waals surface area contributed by atoms with Crippen LogP contribution in [-0.4, -0.2) is 39.9 Å². The number of ketones is 2.